The Bertz CT molecular complexity index is 237. The third-order valence-corrected chi connectivity index (χ3v) is 3.46. The van der Waals surface area contributed by atoms with Gasteiger partial charge in [-0.3, -0.25) is 4.79 Å². The number of hydrogen-bond donors (Lipinski definition) is 3. The van der Waals surface area contributed by atoms with Gasteiger partial charge in [-0.25, -0.2) is 0 Å². The molecular weight excluding hydrogens is 192 g/mol. The van der Waals surface area contributed by atoms with Gasteiger partial charge >= 0.3 is 0 Å². The predicted molar refractivity (Wildman–Crippen MR) is 57.5 cm³/mol. The third kappa shape index (κ3) is 2.92. The standard InChI is InChI=1S/C11H20N2O2/c14-10-4-3-9(13-10)7-12-8-11(15)5-1-2-6-11/h9,12,15H,1-8H2,(H,13,14). The van der Waals surface area contributed by atoms with E-state index >= 15 is 0 Å². The first-order valence-electron chi connectivity index (χ1n) is 5.90. The van der Waals surface area contributed by atoms with E-state index in [4.69, 9.17) is 0 Å². The number of hydrogen-bond acceptors (Lipinski definition) is 3. The Morgan fingerprint density at radius 1 is 1.47 bits per heavy atom. The van der Waals surface area contributed by atoms with E-state index in [1.165, 1.54) is 0 Å². The van der Waals surface area contributed by atoms with Crippen LogP contribution in [-0.2, 0) is 4.79 Å². The lowest BCUT2D eigenvalue weighted by Gasteiger charge is -2.23. The van der Waals surface area contributed by atoms with Crippen LogP contribution in [0, 0.1) is 0 Å². The predicted octanol–water partition coefficient (Wildman–Crippen LogP) is 0.160. The van der Waals surface area contributed by atoms with Gasteiger partial charge < -0.3 is 15.7 Å². The fourth-order valence-electron chi connectivity index (χ4n) is 2.52. The fraction of sp³-hybridized carbons (Fsp3) is 0.909. The minimum Gasteiger partial charge on any atom is -0.389 e. The summed E-state index contributed by atoms with van der Waals surface area (Å²) in [7, 11) is 0. The van der Waals surface area contributed by atoms with Gasteiger partial charge in [-0.05, 0) is 19.3 Å². The third-order valence-electron chi connectivity index (χ3n) is 3.46. The molecule has 4 nitrogen and oxygen atoms in total. The minimum atomic E-state index is -0.484. The van der Waals surface area contributed by atoms with Crippen molar-refractivity contribution >= 4 is 5.91 Å². The summed E-state index contributed by atoms with van der Waals surface area (Å²) in [6.45, 7) is 1.45. The quantitative estimate of drug-likeness (QED) is 0.622. The van der Waals surface area contributed by atoms with Crippen LogP contribution in [-0.4, -0.2) is 35.7 Å². The van der Waals surface area contributed by atoms with Gasteiger partial charge in [-0.1, -0.05) is 12.8 Å². The molecule has 2 fully saturated rings. The van der Waals surface area contributed by atoms with Crippen molar-refractivity contribution in [2.45, 2.75) is 50.2 Å². The molecule has 3 N–H and O–H groups in total. The SMILES string of the molecule is O=C1CCC(CNCC2(O)CCCC2)N1. The molecule has 86 valence electrons. The van der Waals surface area contributed by atoms with Crippen LogP contribution in [0.4, 0.5) is 0 Å². The number of amides is 1. The van der Waals surface area contributed by atoms with Crippen LogP contribution in [0.1, 0.15) is 38.5 Å². The summed E-state index contributed by atoms with van der Waals surface area (Å²) < 4.78 is 0. The van der Waals surface area contributed by atoms with E-state index in [1.807, 2.05) is 0 Å². The molecule has 1 amide bonds. The molecule has 1 aliphatic heterocycles. The number of carbonyl (C=O) groups excluding carboxylic acids is 1. The Morgan fingerprint density at radius 2 is 2.20 bits per heavy atom. The number of carbonyl (C=O) groups is 1. The summed E-state index contributed by atoms with van der Waals surface area (Å²) in [6.07, 6.45) is 5.67. The van der Waals surface area contributed by atoms with Crippen molar-refractivity contribution in [1.82, 2.24) is 10.6 Å². The molecular formula is C11H20N2O2. The Morgan fingerprint density at radius 3 is 2.80 bits per heavy atom. The van der Waals surface area contributed by atoms with E-state index in [2.05, 4.69) is 10.6 Å². The maximum atomic E-state index is 10.9. The first-order chi connectivity index (χ1) is 7.18. The van der Waals surface area contributed by atoms with Crippen molar-refractivity contribution in [1.29, 1.82) is 0 Å². The van der Waals surface area contributed by atoms with E-state index in [0.29, 0.717) is 13.0 Å². The molecule has 1 unspecified atom stereocenters. The average Bonchev–Trinajstić information content (AvgIpc) is 2.76. The van der Waals surface area contributed by atoms with E-state index < -0.39 is 5.60 Å². The smallest absolute Gasteiger partial charge is 0.220 e. The summed E-state index contributed by atoms with van der Waals surface area (Å²) in [6, 6.07) is 0.266. The maximum Gasteiger partial charge on any atom is 0.220 e. The second-order valence-electron chi connectivity index (χ2n) is 4.87. The number of nitrogens with one attached hydrogen (secondary N) is 2. The van der Waals surface area contributed by atoms with Crippen molar-refractivity contribution in [3.05, 3.63) is 0 Å². The van der Waals surface area contributed by atoms with Gasteiger partial charge in [0.25, 0.3) is 0 Å². The molecule has 1 saturated heterocycles. The molecule has 1 aliphatic carbocycles. The first kappa shape index (κ1) is 10.9. The van der Waals surface area contributed by atoms with Crippen LogP contribution in [0.15, 0.2) is 0 Å². The van der Waals surface area contributed by atoms with Gasteiger partial charge in [0.1, 0.15) is 0 Å². The first-order valence-corrected chi connectivity index (χ1v) is 5.90. The van der Waals surface area contributed by atoms with Gasteiger partial charge in [-0.2, -0.15) is 0 Å². The normalized spacial score (nSPS) is 29.4. The molecule has 0 spiro atoms. The second-order valence-corrected chi connectivity index (χ2v) is 4.87. The molecule has 0 radical (unpaired) electrons. The molecule has 4 heteroatoms. The van der Waals surface area contributed by atoms with Crippen LogP contribution in [0.25, 0.3) is 0 Å². The summed E-state index contributed by atoms with van der Waals surface area (Å²) in [4.78, 5) is 10.9. The fourth-order valence-corrected chi connectivity index (χ4v) is 2.52. The topological polar surface area (TPSA) is 61.4 Å². The Hall–Kier alpha value is -0.610. The van der Waals surface area contributed by atoms with Crippen molar-refractivity contribution in [2.75, 3.05) is 13.1 Å². The molecule has 0 aromatic heterocycles. The molecule has 15 heavy (non-hydrogen) atoms. The van der Waals surface area contributed by atoms with Crippen LogP contribution in [0.3, 0.4) is 0 Å². The summed E-state index contributed by atoms with van der Waals surface area (Å²) in [5.41, 5.74) is -0.484. The molecule has 0 bridgehead atoms. The highest BCUT2D eigenvalue weighted by molar-refractivity contribution is 5.78. The lowest BCUT2D eigenvalue weighted by Crippen LogP contribution is -2.43. The molecule has 0 aromatic carbocycles. The van der Waals surface area contributed by atoms with Crippen molar-refractivity contribution in [3.8, 4) is 0 Å². The van der Waals surface area contributed by atoms with Crippen LogP contribution in [0.5, 0.6) is 0 Å². The molecule has 2 aliphatic rings. The molecule has 1 atom stereocenters. The van der Waals surface area contributed by atoms with Crippen LogP contribution >= 0.6 is 0 Å². The van der Waals surface area contributed by atoms with E-state index in [0.717, 1.165) is 38.6 Å². The summed E-state index contributed by atoms with van der Waals surface area (Å²) in [5.74, 6) is 0.154. The zero-order valence-electron chi connectivity index (χ0n) is 9.09. The zero-order chi connectivity index (χ0) is 10.7. The van der Waals surface area contributed by atoms with Crippen LogP contribution < -0.4 is 10.6 Å². The zero-order valence-corrected chi connectivity index (χ0v) is 9.09. The Balaban J connectivity index is 1.64. The largest absolute Gasteiger partial charge is 0.389 e. The monoisotopic (exact) mass is 212 g/mol. The molecule has 0 aromatic rings. The lowest BCUT2D eigenvalue weighted by atomic mass is 10.0. The average molecular weight is 212 g/mol. The van der Waals surface area contributed by atoms with Crippen molar-refractivity contribution < 1.29 is 9.90 Å². The van der Waals surface area contributed by atoms with E-state index in [1.54, 1.807) is 0 Å². The highest BCUT2D eigenvalue weighted by Crippen LogP contribution is 2.28. The highest BCUT2D eigenvalue weighted by atomic mass is 16.3. The van der Waals surface area contributed by atoms with Crippen molar-refractivity contribution in [2.24, 2.45) is 0 Å². The number of aliphatic hydroxyl groups is 1. The lowest BCUT2D eigenvalue weighted by molar-refractivity contribution is -0.119. The van der Waals surface area contributed by atoms with Gasteiger partial charge in [0.15, 0.2) is 0 Å². The molecule has 1 saturated carbocycles. The van der Waals surface area contributed by atoms with Gasteiger partial charge in [-0.15, -0.1) is 0 Å². The van der Waals surface area contributed by atoms with Gasteiger partial charge in [0, 0.05) is 25.6 Å². The Labute approximate surface area is 90.4 Å². The molecule has 1 heterocycles. The Kier molecular flexibility index (Phi) is 3.26. The maximum absolute atomic E-state index is 10.9. The molecule has 2 rings (SSSR count). The van der Waals surface area contributed by atoms with E-state index in [9.17, 15) is 9.90 Å². The van der Waals surface area contributed by atoms with Gasteiger partial charge in [0.05, 0.1) is 5.60 Å². The van der Waals surface area contributed by atoms with Crippen LogP contribution in [0.2, 0.25) is 0 Å². The number of rotatable bonds is 4. The summed E-state index contributed by atoms with van der Waals surface area (Å²) >= 11 is 0. The highest BCUT2D eigenvalue weighted by Gasteiger charge is 2.31. The van der Waals surface area contributed by atoms with Crippen molar-refractivity contribution in [3.63, 3.8) is 0 Å². The second kappa shape index (κ2) is 4.49. The van der Waals surface area contributed by atoms with E-state index in [-0.39, 0.29) is 11.9 Å². The van der Waals surface area contributed by atoms with Gasteiger partial charge in [0.2, 0.25) is 5.91 Å². The summed E-state index contributed by atoms with van der Waals surface area (Å²) in [5, 5.41) is 16.2. The minimum absolute atomic E-state index is 0.154.